The molecule has 1 aliphatic heterocycles. The summed E-state index contributed by atoms with van der Waals surface area (Å²) in [6.45, 7) is 5.12. The number of likely N-dealkylation sites (N-methyl/N-ethyl adjacent to an activating group) is 1. The highest BCUT2D eigenvalue weighted by molar-refractivity contribution is 5.19. The van der Waals surface area contributed by atoms with Gasteiger partial charge in [-0.25, -0.2) is 0 Å². The molecular weight excluding hydrogens is 236 g/mol. The highest BCUT2D eigenvalue weighted by Crippen LogP contribution is 2.21. The number of rotatable bonds is 6. The zero-order chi connectivity index (χ0) is 13.7. The van der Waals surface area contributed by atoms with Crippen molar-refractivity contribution in [3.05, 3.63) is 35.9 Å². The van der Waals surface area contributed by atoms with Crippen molar-refractivity contribution < 1.29 is 4.74 Å². The van der Waals surface area contributed by atoms with E-state index in [0.717, 1.165) is 19.8 Å². The largest absolute Gasteiger partial charge is 0.381 e. The molecule has 0 spiro atoms. The van der Waals surface area contributed by atoms with Crippen molar-refractivity contribution in [1.29, 1.82) is 0 Å². The number of hydrogen-bond donors (Lipinski definition) is 1. The summed E-state index contributed by atoms with van der Waals surface area (Å²) >= 11 is 0. The lowest BCUT2D eigenvalue weighted by atomic mass is 9.98. The molecule has 1 N–H and O–H groups in total. The predicted molar refractivity (Wildman–Crippen MR) is 79.3 cm³/mol. The first-order valence-corrected chi connectivity index (χ1v) is 7.20. The molecule has 19 heavy (non-hydrogen) atoms. The molecule has 0 radical (unpaired) electrons. The molecule has 0 bridgehead atoms. The summed E-state index contributed by atoms with van der Waals surface area (Å²) in [6, 6.07) is 11.6. The minimum Gasteiger partial charge on any atom is -0.381 e. The van der Waals surface area contributed by atoms with Gasteiger partial charge in [0.25, 0.3) is 0 Å². The van der Waals surface area contributed by atoms with Gasteiger partial charge >= 0.3 is 0 Å². The van der Waals surface area contributed by atoms with Crippen LogP contribution in [0.1, 0.15) is 24.9 Å². The molecule has 1 aliphatic rings. The fourth-order valence-corrected chi connectivity index (χ4v) is 2.71. The lowest BCUT2D eigenvalue weighted by Gasteiger charge is -2.29. The minimum atomic E-state index is 0.381. The molecule has 1 saturated heterocycles. The zero-order valence-corrected chi connectivity index (χ0v) is 12.3. The Balaban J connectivity index is 2.01. The van der Waals surface area contributed by atoms with E-state index in [1.807, 2.05) is 0 Å². The Morgan fingerprint density at radius 1 is 1.32 bits per heavy atom. The van der Waals surface area contributed by atoms with Crippen molar-refractivity contribution in [3.63, 3.8) is 0 Å². The third-order valence-corrected chi connectivity index (χ3v) is 3.89. The molecule has 0 amide bonds. The number of nitrogens with zero attached hydrogens (tertiary/aromatic N) is 1. The van der Waals surface area contributed by atoms with Gasteiger partial charge in [0.05, 0.1) is 6.61 Å². The molecule has 3 heteroatoms. The van der Waals surface area contributed by atoms with Crippen LogP contribution in [0.25, 0.3) is 0 Å². The third-order valence-electron chi connectivity index (χ3n) is 3.89. The number of ether oxygens (including phenoxy) is 1. The molecule has 0 saturated carbocycles. The van der Waals surface area contributed by atoms with Gasteiger partial charge in [0.1, 0.15) is 0 Å². The first-order valence-electron chi connectivity index (χ1n) is 7.20. The molecule has 3 atom stereocenters. The Morgan fingerprint density at radius 3 is 2.63 bits per heavy atom. The SMILES string of the molecule is CC(NC(CN(C)C)c1ccccc1)C1CCOC1. The summed E-state index contributed by atoms with van der Waals surface area (Å²) < 4.78 is 5.50. The molecule has 1 fully saturated rings. The van der Waals surface area contributed by atoms with E-state index in [1.165, 1.54) is 12.0 Å². The van der Waals surface area contributed by atoms with Crippen LogP contribution < -0.4 is 5.32 Å². The third kappa shape index (κ3) is 4.30. The van der Waals surface area contributed by atoms with Crippen LogP contribution in [0.2, 0.25) is 0 Å². The Labute approximate surface area is 116 Å². The summed E-state index contributed by atoms with van der Waals surface area (Å²) in [5.41, 5.74) is 1.36. The lowest BCUT2D eigenvalue weighted by molar-refractivity contribution is 0.175. The van der Waals surface area contributed by atoms with Crippen LogP contribution in [0.15, 0.2) is 30.3 Å². The van der Waals surface area contributed by atoms with E-state index < -0.39 is 0 Å². The van der Waals surface area contributed by atoms with E-state index in [2.05, 4.69) is 61.6 Å². The van der Waals surface area contributed by atoms with Crippen LogP contribution in [0.5, 0.6) is 0 Å². The van der Waals surface area contributed by atoms with E-state index >= 15 is 0 Å². The Kier molecular flexibility index (Phi) is 5.37. The van der Waals surface area contributed by atoms with Crippen LogP contribution in [0.4, 0.5) is 0 Å². The van der Waals surface area contributed by atoms with Gasteiger partial charge in [0.15, 0.2) is 0 Å². The summed E-state index contributed by atoms with van der Waals surface area (Å²) in [4.78, 5) is 2.24. The number of benzene rings is 1. The highest BCUT2D eigenvalue weighted by atomic mass is 16.5. The number of hydrogen-bond acceptors (Lipinski definition) is 3. The molecular formula is C16H26N2O. The predicted octanol–water partition coefficient (Wildman–Crippen LogP) is 2.30. The smallest absolute Gasteiger partial charge is 0.0509 e. The summed E-state index contributed by atoms with van der Waals surface area (Å²) in [7, 11) is 4.25. The van der Waals surface area contributed by atoms with E-state index in [9.17, 15) is 0 Å². The molecule has 1 heterocycles. The standard InChI is InChI=1S/C16H26N2O/c1-13(15-9-10-19-12-15)17-16(11-18(2)3)14-7-5-4-6-8-14/h4-8,13,15-17H,9-12H2,1-3H3. The van der Waals surface area contributed by atoms with Gasteiger partial charge in [-0.3, -0.25) is 0 Å². The van der Waals surface area contributed by atoms with E-state index in [-0.39, 0.29) is 0 Å². The molecule has 106 valence electrons. The fourth-order valence-electron chi connectivity index (χ4n) is 2.71. The van der Waals surface area contributed by atoms with Crippen LogP contribution in [0, 0.1) is 5.92 Å². The first-order chi connectivity index (χ1) is 9.16. The monoisotopic (exact) mass is 262 g/mol. The average Bonchev–Trinajstić information content (AvgIpc) is 2.92. The lowest BCUT2D eigenvalue weighted by Crippen LogP contribution is -2.40. The molecule has 0 aliphatic carbocycles. The van der Waals surface area contributed by atoms with E-state index in [0.29, 0.717) is 18.0 Å². The maximum atomic E-state index is 5.50. The van der Waals surface area contributed by atoms with E-state index in [4.69, 9.17) is 4.74 Å². The van der Waals surface area contributed by atoms with Gasteiger partial charge in [-0.1, -0.05) is 30.3 Å². The molecule has 1 aromatic rings. The van der Waals surface area contributed by atoms with E-state index in [1.54, 1.807) is 0 Å². The Morgan fingerprint density at radius 2 is 2.05 bits per heavy atom. The quantitative estimate of drug-likeness (QED) is 0.851. The van der Waals surface area contributed by atoms with Crippen molar-refractivity contribution in [2.75, 3.05) is 33.9 Å². The molecule has 0 aromatic heterocycles. The second-order valence-electron chi connectivity index (χ2n) is 5.80. The number of nitrogens with one attached hydrogen (secondary N) is 1. The van der Waals surface area contributed by atoms with Gasteiger partial charge in [-0.2, -0.15) is 0 Å². The van der Waals surface area contributed by atoms with Crippen LogP contribution in [-0.2, 0) is 4.74 Å². The fraction of sp³-hybridized carbons (Fsp3) is 0.625. The highest BCUT2D eigenvalue weighted by Gasteiger charge is 2.25. The van der Waals surface area contributed by atoms with Crippen LogP contribution in [0.3, 0.4) is 0 Å². The first kappa shape index (κ1) is 14.5. The molecule has 2 rings (SSSR count). The normalized spacial score (nSPS) is 22.6. The molecule has 1 aromatic carbocycles. The summed E-state index contributed by atoms with van der Waals surface area (Å²) in [5, 5.41) is 3.78. The summed E-state index contributed by atoms with van der Waals surface area (Å²) in [6.07, 6.45) is 1.18. The van der Waals surface area contributed by atoms with Crippen molar-refractivity contribution >= 4 is 0 Å². The Hall–Kier alpha value is -0.900. The van der Waals surface area contributed by atoms with Crippen molar-refractivity contribution in [1.82, 2.24) is 10.2 Å². The second kappa shape index (κ2) is 7.04. The maximum Gasteiger partial charge on any atom is 0.0509 e. The molecule has 3 nitrogen and oxygen atoms in total. The van der Waals surface area contributed by atoms with Crippen LogP contribution >= 0.6 is 0 Å². The van der Waals surface area contributed by atoms with Crippen molar-refractivity contribution in [2.45, 2.75) is 25.4 Å². The van der Waals surface area contributed by atoms with Crippen LogP contribution in [-0.4, -0.2) is 44.8 Å². The molecule has 3 unspecified atom stereocenters. The van der Waals surface area contributed by atoms with Gasteiger partial charge in [0, 0.05) is 25.2 Å². The maximum absolute atomic E-state index is 5.50. The van der Waals surface area contributed by atoms with Gasteiger partial charge in [-0.05, 0) is 38.9 Å². The second-order valence-corrected chi connectivity index (χ2v) is 5.80. The topological polar surface area (TPSA) is 24.5 Å². The van der Waals surface area contributed by atoms with Crippen molar-refractivity contribution in [2.24, 2.45) is 5.92 Å². The van der Waals surface area contributed by atoms with Gasteiger partial charge in [-0.15, -0.1) is 0 Å². The van der Waals surface area contributed by atoms with Gasteiger partial charge < -0.3 is 15.0 Å². The summed E-state index contributed by atoms with van der Waals surface area (Å²) in [5.74, 6) is 0.647. The zero-order valence-electron chi connectivity index (χ0n) is 12.3. The Bertz CT molecular complexity index is 360. The average molecular weight is 262 g/mol. The van der Waals surface area contributed by atoms with Crippen molar-refractivity contribution in [3.8, 4) is 0 Å². The minimum absolute atomic E-state index is 0.381. The van der Waals surface area contributed by atoms with Gasteiger partial charge in [0.2, 0.25) is 0 Å².